The van der Waals surface area contributed by atoms with Crippen molar-refractivity contribution in [2.24, 2.45) is 17.6 Å². The van der Waals surface area contributed by atoms with Crippen LogP contribution in [0.3, 0.4) is 0 Å². The second kappa shape index (κ2) is 8.02. The van der Waals surface area contributed by atoms with Crippen molar-refractivity contribution in [1.82, 2.24) is 4.90 Å². The van der Waals surface area contributed by atoms with E-state index in [1.165, 1.54) is 0 Å². The average Bonchev–Trinajstić information content (AvgIpc) is 2.94. The molecule has 0 aliphatic heterocycles. The number of carbonyl (C=O) groups excluding carboxylic acids is 1. The summed E-state index contributed by atoms with van der Waals surface area (Å²) in [6.45, 7) is 2.66. The molecule has 1 aliphatic rings. The lowest BCUT2D eigenvalue weighted by atomic mass is 9.94. The molecule has 0 saturated heterocycles. The molecule has 1 amide bonds. The van der Waals surface area contributed by atoms with E-state index in [1.54, 1.807) is 0 Å². The maximum absolute atomic E-state index is 12.6. The SMILES string of the molecule is CC(c1ccc(Cl)cc1)N(C)C(=O)[C@@H]1CCC[C@@H]1CN.Cl. The molecule has 1 fully saturated rings. The lowest BCUT2D eigenvalue weighted by Gasteiger charge is -2.30. The summed E-state index contributed by atoms with van der Waals surface area (Å²) in [6.07, 6.45) is 3.16. The van der Waals surface area contributed by atoms with Gasteiger partial charge in [0, 0.05) is 18.0 Å². The van der Waals surface area contributed by atoms with E-state index in [4.69, 9.17) is 17.3 Å². The molecule has 5 heteroatoms. The second-order valence-electron chi connectivity index (χ2n) is 5.71. The zero-order chi connectivity index (χ0) is 14.7. The van der Waals surface area contributed by atoms with Gasteiger partial charge in [-0.1, -0.05) is 30.2 Å². The van der Waals surface area contributed by atoms with E-state index in [0.717, 1.165) is 24.8 Å². The van der Waals surface area contributed by atoms with Gasteiger partial charge in [-0.25, -0.2) is 0 Å². The number of nitrogens with two attached hydrogens (primary N) is 1. The standard InChI is InChI=1S/C16H23ClN2O.ClH/c1-11(12-6-8-14(17)9-7-12)19(2)16(20)15-5-3-4-13(15)10-18;/h6-9,11,13,15H,3-5,10,18H2,1-2H3;1H/t11?,13-,15-;/m1./s1. The lowest BCUT2D eigenvalue weighted by molar-refractivity contribution is -0.137. The summed E-state index contributed by atoms with van der Waals surface area (Å²) in [5.41, 5.74) is 6.88. The molecule has 0 aromatic heterocycles. The zero-order valence-electron chi connectivity index (χ0n) is 12.6. The molecule has 0 spiro atoms. The van der Waals surface area contributed by atoms with Crippen LogP contribution in [0.15, 0.2) is 24.3 Å². The smallest absolute Gasteiger partial charge is 0.226 e. The van der Waals surface area contributed by atoms with Crippen molar-refractivity contribution in [3.63, 3.8) is 0 Å². The Morgan fingerprint density at radius 3 is 2.57 bits per heavy atom. The van der Waals surface area contributed by atoms with E-state index in [2.05, 4.69) is 0 Å². The molecule has 0 bridgehead atoms. The fourth-order valence-corrected chi connectivity index (χ4v) is 3.19. The first-order valence-corrected chi connectivity index (χ1v) is 7.64. The van der Waals surface area contributed by atoms with Crippen LogP contribution in [-0.2, 0) is 4.79 Å². The molecule has 1 aliphatic carbocycles. The van der Waals surface area contributed by atoms with Gasteiger partial charge < -0.3 is 10.6 Å². The summed E-state index contributed by atoms with van der Waals surface area (Å²) < 4.78 is 0. The molecule has 1 aromatic carbocycles. The van der Waals surface area contributed by atoms with Gasteiger partial charge in [-0.3, -0.25) is 4.79 Å². The van der Waals surface area contributed by atoms with Crippen molar-refractivity contribution in [1.29, 1.82) is 0 Å². The number of amides is 1. The van der Waals surface area contributed by atoms with Gasteiger partial charge in [-0.2, -0.15) is 0 Å². The first kappa shape index (κ1) is 18.3. The topological polar surface area (TPSA) is 46.3 Å². The Balaban J connectivity index is 0.00000220. The minimum Gasteiger partial charge on any atom is -0.339 e. The van der Waals surface area contributed by atoms with Crippen LogP contribution in [0.2, 0.25) is 5.02 Å². The molecular weight excluding hydrogens is 307 g/mol. The van der Waals surface area contributed by atoms with Crippen molar-refractivity contribution >= 4 is 29.9 Å². The Morgan fingerprint density at radius 1 is 1.38 bits per heavy atom. The van der Waals surface area contributed by atoms with Crippen molar-refractivity contribution in [3.8, 4) is 0 Å². The molecule has 3 atom stereocenters. The maximum atomic E-state index is 12.6. The van der Waals surface area contributed by atoms with Crippen LogP contribution in [0.1, 0.15) is 37.8 Å². The molecule has 0 heterocycles. The molecule has 2 N–H and O–H groups in total. The molecule has 1 unspecified atom stereocenters. The van der Waals surface area contributed by atoms with Crippen LogP contribution in [0.5, 0.6) is 0 Å². The Hall–Kier alpha value is -0.770. The number of hydrogen-bond acceptors (Lipinski definition) is 2. The molecule has 21 heavy (non-hydrogen) atoms. The van der Waals surface area contributed by atoms with E-state index < -0.39 is 0 Å². The monoisotopic (exact) mass is 330 g/mol. The van der Waals surface area contributed by atoms with Crippen molar-refractivity contribution in [3.05, 3.63) is 34.9 Å². The zero-order valence-corrected chi connectivity index (χ0v) is 14.2. The first-order valence-electron chi connectivity index (χ1n) is 7.26. The highest BCUT2D eigenvalue weighted by Gasteiger charge is 2.34. The van der Waals surface area contributed by atoms with E-state index >= 15 is 0 Å². The molecule has 1 saturated carbocycles. The van der Waals surface area contributed by atoms with Crippen LogP contribution >= 0.6 is 24.0 Å². The number of benzene rings is 1. The van der Waals surface area contributed by atoms with Gasteiger partial charge in [0.15, 0.2) is 0 Å². The van der Waals surface area contributed by atoms with Crippen LogP contribution in [0, 0.1) is 11.8 Å². The second-order valence-corrected chi connectivity index (χ2v) is 6.15. The summed E-state index contributed by atoms with van der Waals surface area (Å²) in [4.78, 5) is 14.5. The molecule has 3 nitrogen and oxygen atoms in total. The summed E-state index contributed by atoms with van der Waals surface area (Å²) in [7, 11) is 1.88. The summed E-state index contributed by atoms with van der Waals surface area (Å²) in [6, 6.07) is 7.74. The van der Waals surface area contributed by atoms with E-state index in [1.807, 2.05) is 43.1 Å². The average molecular weight is 331 g/mol. The predicted molar refractivity (Wildman–Crippen MR) is 89.8 cm³/mol. The van der Waals surface area contributed by atoms with Gasteiger partial charge in [-0.05, 0) is 49.9 Å². The Morgan fingerprint density at radius 2 is 2.00 bits per heavy atom. The van der Waals surface area contributed by atoms with Gasteiger partial charge in [0.2, 0.25) is 5.91 Å². The minimum atomic E-state index is 0. The van der Waals surface area contributed by atoms with Crippen LogP contribution in [-0.4, -0.2) is 24.4 Å². The molecule has 2 rings (SSSR count). The minimum absolute atomic E-state index is 0. The number of rotatable bonds is 4. The fraction of sp³-hybridized carbons (Fsp3) is 0.562. The number of nitrogens with zero attached hydrogens (tertiary/aromatic N) is 1. The third-order valence-electron chi connectivity index (χ3n) is 4.56. The van der Waals surface area contributed by atoms with Gasteiger partial charge >= 0.3 is 0 Å². The Kier molecular flexibility index (Phi) is 6.98. The fourth-order valence-electron chi connectivity index (χ4n) is 3.06. The maximum Gasteiger partial charge on any atom is 0.226 e. The molecule has 0 radical (unpaired) electrons. The first-order chi connectivity index (χ1) is 9.54. The number of hydrogen-bond donors (Lipinski definition) is 1. The third-order valence-corrected chi connectivity index (χ3v) is 4.81. The van der Waals surface area contributed by atoms with Crippen LogP contribution in [0.4, 0.5) is 0 Å². The highest BCUT2D eigenvalue weighted by Crippen LogP contribution is 2.34. The normalized spacial score (nSPS) is 22.5. The predicted octanol–water partition coefficient (Wildman–Crippen LogP) is 3.66. The lowest BCUT2D eigenvalue weighted by Crippen LogP contribution is -2.38. The Bertz CT molecular complexity index is 464. The van der Waals surface area contributed by atoms with Crippen molar-refractivity contribution in [2.75, 3.05) is 13.6 Å². The molecular formula is C16H24Cl2N2O. The van der Waals surface area contributed by atoms with E-state index in [-0.39, 0.29) is 30.3 Å². The number of halogens is 2. The molecule has 1 aromatic rings. The van der Waals surface area contributed by atoms with Gasteiger partial charge in [0.1, 0.15) is 0 Å². The van der Waals surface area contributed by atoms with Crippen LogP contribution in [0.25, 0.3) is 0 Å². The van der Waals surface area contributed by atoms with E-state index in [0.29, 0.717) is 17.5 Å². The van der Waals surface area contributed by atoms with Crippen molar-refractivity contribution < 1.29 is 4.79 Å². The number of carbonyl (C=O) groups is 1. The Labute approximate surface area is 138 Å². The summed E-state index contributed by atoms with van der Waals surface area (Å²) >= 11 is 5.91. The van der Waals surface area contributed by atoms with Gasteiger partial charge in [0.05, 0.1) is 6.04 Å². The summed E-state index contributed by atoms with van der Waals surface area (Å²) in [5.74, 6) is 0.669. The van der Waals surface area contributed by atoms with Gasteiger partial charge in [-0.15, -0.1) is 12.4 Å². The third kappa shape index (κ3) is 4.12. The van der Waals surface area contributed by atoms with Gasteiger partial charge in [0.25, 0.3) is 0 Å². The highest BCUT2D eigenvalue weighted by atomic mass is 35.5. The highest BCUT2D eigenvalue weighted by molar-refractivity contribution is 6.30. The molecule has 118 valence electrons. The largest absolute Gasteiger partial charge is 0.339 e. The van der Waals surface area contributed by atoms with E-state index in [9.17, 15) is 4.79 Å². The summed E-state index contributed by atoms with van der Waals surface area (Å²) in [5, 5.41) is 0.717. The van der Waals surface area contributed by atoms with Crippen molar-refractivity contribution in [2.45, 2.75) is 32.2 Å². The quantitative estimate of drug-likeness (QED) is 0.915. The van der Waals surface area contributed by atoms with Crippen LogP contribution < -0.4 is 5.73 Å².